The molecule has 4 heteroatoms. The lowest BCUT2D eigenvalue weighted by atomic mass is 9.99. The maximum atomic E-state index is 13.4. The number of benzene rings is 2. The fourth-order valence-electron chi connectivity index (χ4n) is 2.01. The van der Waals surface area contributed by atoms with Gasteiger partial charge in [0.2, 0.25) is 0 Å². The van der Waals surface area contributed by atoms with Crippen LogP contribution in [0.3, 0.4) is 0 Å². The molecule has 100 valence electrons. The van der Waals surface area contributed by atoms with Crippen molar-refractivity contribution in [2.75, 3.05) is 7.05 Å². The van der Waals surface area contributed by atoms with Gasteiger partial charge in [0.05, 0.1) is 5.02 Å². The molecule has 1 N–H and O–H groups in total. The zero-order chi connectivity index (χ0) is 13.8. The second-order valence-electron chi connectivity index (χ2n) is 4.35. The molecule has 0 heterocycles. The van der Waals surface area contributed by atoms with E-state index in [9.17, 15) is 4.39 Å². The smallest absolute Gasteiger partial charge is 0.142 e. The summed E-state index contributed by atoms with van der Waals surface area (Å²) in [6.45, 7) is 0. The van der Waals surface area contributed by atoms with Crippen molar-refractivity contribution < 1.29 is 4.39 Å². The van der Waals surface area contributed by atoms with E-state index in [1.165, 1.54) is 6.07 Å². The maximum absolute atomic E-state index is 13.4. The van der Waals surface area contributed by atoms with Crippen LogP contribution in [0.5, 0.6) is 0 Å². The number of nitrogens with one attached hydrogen (secondary N) is 1. The number of rotatable bonds is 4. The zero-order valence-corrected chi connectivity index (χ0v) is 12.8. The molecule has 0 aromatic heterocycles. The van der Waals surface area contributed by atoms with E-state index in [2.05, 4.69) is 33.4 Å². The topological polar surface area (TPSA) is 12.0 Å². The highest BCUT2D eigenvalue weighted by Gasteiger charge is 2.11. The van der Waals surface area contributed by atoms with Gasteiger partial charge in [0.25, 0.3) is 0 Å². The van der Waals surface area contributed by atoms with Crippen molar-refractivity contribution in [2.45, 2.75) is 12.5 Å². The van der Waals surface area contributed by atoms with Gasteiger partial charge in [-0.3, -0.25) is 0 Å². The van der Waals surface area contributed by atoms with Crippen molar-refractivity contribution in [3.8, 4) is 0 Å². The van der Waals surface area contributed by atoms with Crippen molar-refractivity contribution in [3.63, 3.8) is 0 Å². The first-order valence-electron chi connectivity index (χ1n) is 5.97. The first-order valence-corrected chi connectivity index (χ1v) is 7.14. The van der Waals surface area contributed by atoms with Gasteiger partial charge in [-0.25, -0.2) is 4.39 Å². The van der Waals surface area contributed by atoms with E-state index in [1.807, 2.05) is 25.2 Å². The third-order valence-corrected chi connectivity index (χ3v) is 3.82. The molecular formula is C15H14BrClFN. The Kier molecular flexibility index (Phi) is 4.97. The molecule has 0 saturated heterocycles. The van der Waals surface area contributed by atoms with Crippen LogP contribution in [0.25, 0.3) is 0 Å². The lowest BCUT2D eigenvalue weighted by molar-refractivity contribution is 0.584. The fraction of sp³-hybridized carbons (Fsp3) is 0.200. The van der Waals surface area contributed by atoms with Crippen LogP contribution in [-0.2, 0) is 6.42 Å². The van der Waals surface area contributed by atoms with E-state index in [-0.39, 0.29) is 16.9 Å². The Bertz CT molecular complexity index is 574. The van der Waals surface area contributed by atoms with Crippen LogP contribution in [0.4, 0.5) is 4.39 Å². The van der Waals surface area contributed by atoms with Gasteiger partial charge in [-0.1, -0.05) is 45.7 Å². The van der Waals surface area contributed by atoms with Crippen LogP contribution in [-0.4, -0.2) is 7.05 Å². The average molecular weight is 343 g/mol. The lowest BCUT2D eigenvalue weighted by Gasteiger charge is -2.17. The predicted molar refractivity (Wildman–Crippen MR) is 81.1 cm³/mol. The lowest BCUT2D eigenvalue weighted by Crippen LogP contribution is -2.18. The number of hydrogen-bond donors (Lipinski definition) is 1. The Morgan fingerprint density at radius 1 is 1.26 bits per heavy atom. The van der Waals surface area contributed by atoms with Gasteiger partial charge in [0, 0.05) is 10.5 Å². The molecule has 19 heavy (non-hydrogen) atoms. The molecule has 0 saturated carbocycles. The molecule has 0 bridgehead atoms. The zero-order valence-electron chi connectivity index (χ0n) is 10.5. The standard InChI is InChI=1S/C15H14BrClFN/c1-19-15(11-3-2-4-12(16)9-11)8-10-5-6-13(17)14(18)7-10/h2-7,9,15,19H,8H2,1H3. The highest BCUT2D eigenvalue weighted by Crippen LogP contribution is 2.23. The summed E-state index contributed by atoms with van der Waals surface area (Å²) in [5.74, 6) is -0.372. The Balaban J connectivity index is 2.21. The van der Waals surface area contributed by atoms with Crippen molar-refractivity contribution in [3.05, 3.63) is 68.9 Å². The molecule has 0 radical (unpaired) electrons. The Morgan fingerprint density at radius 3 is 2.68 bits per heavy atom. The van der Waals surface area contributed by atoms with Crippen LogP contribution in [0.1, 0.15) is 17.2 Å². The van der Waals surface area contributed by atoms with E-state index in [1.54, 1.807) is 6.07 Å². The number of hydrogen-bond acceptors (Lipinski definition) is 1. The fourth-order valence-corrected chi connectivity index (χ4v) is 2.55. The monoisotopic (exact) mass is 341 g/mol. The van der Waals surface area contributed by atoms with Crippen molar-refractivity contribution in [2.24, 2.45) is 0 Å². The largest absolute Gasteiger partial charge is 0.313 e. The molecule has 0 spiro atoms. The summed E-state index contributed by atoms with van der Waals surface area (Å²) in [6, 6.07) is 13.2. The van der Waals surface area contributed by atoms with Crippen LogP contribution in [0.15, 0.2) is 46.9 Å². The highest BCUT2D eigenvalue weighted by molar-refractivity contribution is 9.10. The molecule has 0 aliphatic rings. The van der Waals surface area contributed by atoms with Crippen molar-refractivity contribution in [1.29, 1.82) is 0 Å². The number of halogens is 3. The Labute approximate surface area is 125 Å². The summed E-state index contributed by atoms with van der Waals surface area (Å²) in [7, 11) is 1.90. The van der Waals surface area contributed by atoms with Crippen LogP contribution < -0.4 is 5.32 Å². The molecule has 2 aromatic carbocycles. The SMILES string of the molecule is CNC(Cc1ccc(Cl)c(F)c1)c1cccc(Br)c1. The summed E-state index contributed by atoms with van der Waals surface area (Å²) in [6.07, 6.45) is 0.709. The van der Waals surface area contributed by atoms with Gasteiger partial charge < -0.3 is 5.32 Å². The summed E-state index contributed by atoms with van der Waals surface area (Å²) in [4.78, 5) is 0. The molecule has 1 unspecified atom stereocenters. The van der Waals surface area contributed by atoms with E-state index < -0.39 is 0 Å². The second-order valence-corrected chi connectivity index (χ2v) is 5.67. The summed E-state index contributed by atoms with van der Waals surface area (Å²) < 4.78 is 14.5. The first-order chi connectivity index (χ1) is 9.10. The second kappa shape index (κ2) is 6.51. The van der Waals surface area contributed by atoms with Crippen molar-refractivity contribution >= 4 is 27.5 Å². The average Bonchev–Trinajstić information content (AvgIpc) is 2.40. The summed E-state index contributed by atoms with van der Waals surface area (Å²) in [5.41, 5.74) is 2.08. The predicted octanol–water partition coefficient (Wildman–Crippen LogP) is 4.74. The van der Waals surface area contributed by atoms with E-state index >= 15 is 0 Å². The minimum absolute atomic E-state index is 0.137. The molecule has 0 fully saturated rings. The van der Waals surface area contributed by atoms with E-state index in [4.69, 9.17) is 11.6 Å². The van der Waals surface area contributed by atoms with Gasteiger partial charge in [-0.15, -0.1) is 0 Å². The molecule has 0 aliphatic heterocycles. The van der Waals surface area contributed by atoms with Gasteiger partial charge in [0.15, 0.2) is 0 Å². The van der Waals surface area contributed by atoms with E-state index in [0.717, 1.165) is 15.6 Å². The number of likely N-dealkylation sites (N-methyl/N-ethyl adjacent to an activating group) is 1. The quantitative estimate of drug-likeness (QED) is 0.846. The minimum Gasteiger partial charge on any atom is -0.313 e. The maximum Gasteiger partial charge on any atom is 0.142 e. The Morgan fingerprint density at radius 2 is 2.05 bits per heavy atom. The molecule has 0 aliphatic carbocycles. The molecule has 1 nitrogen and oxygen atoms in total. The van der Waals surface area contributed by atoms with Gasteiger partial charge in [-0.05, 0) is 48.9 Å². The van der Waals surface area contributed by atoms with Crippen LogP contribution >= 0.6 is 27.5 Å². The molecule has 0 amide bonds. The third kappa shape index (κ3) is 3.78. The Hall–Kier alpha value is -0.900. The van der Waals surface area contributed by atoms with E-state index in [0.29, 0.717) is 6.42 Å². The summed E-state index contributed by atoms with van der Waals surface area (Å²) >= 11 is 9.15. The van der Waals surface area contributed by atoms with Crippen LogP contribution in [0, 0.1) is 5.82 Å². The minimum atomic E-state index is -0.372. The molecule has 2 rings (SSSR count). The van der Waals surface area contributed by atoms with Gasteiger partial charge >= 0.3 is 0 Å². The third-order valence-electron chi connectivity index (χ3n) is 3.02. The molecular weight excluding hydrogens is 329 g/mol. The first kappa shape index (κ1) is 14.5. The molecule has 1 atom stereocenters. The normalized spacial score (nSPS) is 12.4. The van der Waals surface area contributed by atoms with Gasteiger partial charge in [-0.2, -0.15) is 0 Å². The van der Waals surface area contributed by atoms with Crippen LogP contribution in [0.2, 0.25) is 5.02 Å². The van der Waals surface area contributed by atoms with Crippen molar-refractivity contribution in [1.82, 2.24) is 5.32 Å². The molecule has 2 aromatic rings. The van der Waals surface area contributed by atoms with Gasteiger partial charge in [0.1, 0.15) is 5.82 Å². The highest BCUT2D eigenvalue weighted by atomic mass is 79.9. The summed E-state index contributed by atoms with van der Waals surface area (Å²) in [5, 5.41) is 3.41.